The van der Waals surface area contributed by atoms with Crippen molar-refractivity contribution in [2.24, 2.45) is 0 Å². The summed E-state index contributed by atoms with van der Waals surface area (Å²) in [5, 5.41) is 7.08. The second kappa shape index (κ2) is 4.81. The first-order valence-electron chi connectivity index (χ1n) is 5.22. The number of nitrogens with zero attached hydrogens (tertiary/aromatic N) is 1. The van der Waals surface area contributed by atoms with Gasteiger partial charge in [0.1, 0.15) is 0 Å². The van der Waals surface area contributed by atoms with Crippen LogP contribution in [0.4, 0.5) is 5.69 Å². The normalized spacial score (nSPS) is 10.6. The molecule has 0 saturated carbocycles. The summed E-state index contributed by atoms with van der Waals surface area (Å²) in [6.45, 7) is 3.30. The Bertz CT molecular complexity index is 465. The molecule has 0 aliphatic carbocycles. The number of aryl methyl sites for hydroxylation is 1. The van der Waals surface area contributed by atoms with Gasteiger partial charge in [0.05, 0.1) is 12.2 Å². The zero-order valence-electron chi connectivity index (χ0n) is 9.23. The molecular formula is C12H15N3O. The van der Waals surface area contributed by atoms with E-state index in [9.17, 15) is 0 Å². The molecule has 84 valence electrons. The van der Waals surface area contributed by atoms with Gasteiger partial charge in [0.15, 0.2) is 5.76 Å². The Kier molecular flexibility index (Phi) is 3.22. The highest BCUT2D eigenvalue weighted by Gasteiger charge is 2.01. The van der Waals surface area contributed by atoms with Gasteiger partial charge in [-0.1, -0.05) is 23.4 Å². The zero-order chi connectivity index (χ0) is 11.4. The molecule has 0 atom stereocenters. The maximum atomic E-state index is 5.83. The Morgan fingerprint density at radius 1 is 1.31 bits per heavy atom. The van der Waals surface area contributed by atoms with Crippen LogP contribution in [0, 0.1) is 6.92 Å². The summed E-state index contributed by atoms with van der Waals surface area (Å²) in [6, 6.07) is 9.73. The summed E-state index contributed by atoms with van der Waals surface area (Å²) in [6.07, 6.45) is 0. The average molecular weight is 217 g/mol. The fourth-order valence-electron chi connectivity index (χ4n) is 1.52. The fraction of sp³-hybridized carbons (Fsp3) is 0.250. The fourth-order valence-corrected chi connectivity index (χ4v) is 1.52. The molecule has 1 aromatic carbocycles. The number of nitrogen functional groups attached to an aromatic ring is 1. The van der Waals surface area contributed by atoms with Crippen LogP contribution < -0.4 is 11.1 Å². The van der Waals surface area contributed by atoms with Crippen molar-refractivity contribution in [1.82, 2.24) is 10.5 Å². The van der Waals surface area contributed by atoms with Crippen LogP contribution in [0.5, 0.6) is 0 Å². The molecule has 0 bridgehead atoms. The molecule has 0 aliphatic rings. The Labute approximate surface area is 94.4 Å². The number of hydrogen-bond donors (Lipinski definition) is 2. The highest BCUT2D eigenvalue weighted by atomic mass is 16.5. The first-order valence-corrected chi connectivity index (χ1v) is 5.22. The molecule has 2 aromatic rings. The van der Waals surface area contributed by atoms with Crippen LogP contribution in [0.1, 0.15) is 17.0 Å². The lowest BCUT2D eigenvalue weighted by atomic mass is 10.2. The molecule has 0 unspecified atom stereocenters. The van der Waals surface area contributed by atoms with E-state index in [1.807, 2.05) is 37.3 Å². The lowest BCUT2D eigenvalue weighted by Crippen LogP contribution is -2.13. The number of nitrogens with two attached hydrogens (primary N) is 1. The van der Waals surface area contributed by atoms with Gasteiger partial charge in [-0.15, -0.1) is 0 Å². The van der Waals surface area contributed by atoms with Gasteiger partial charge >= 0.3 is 0 Å². The van der Waals surface area contributed by atoms with Crippen molar-refractivity contribution in [3.05, 3.63) is 47.3 Å². The van der Waals surface area contributed by atoms with Crippen molar-refractivity contribution >= 4 is 5.69 Å². The van der Waals surface area contributed by atoms with Gasteiger partial charge in [-0.2, -0.15) is 0 Å². The van der Waals surface area contributed by atoms with E-state index in [-0.39, 0.29) is 0 Å². The van der Waals surface area contributed by atoms with E-state index >= 15 is 0 Å². The van der Waals surface area contributed by atoms with Crippen LogP contribution in [0.15, 0.2) is 34.9 Å². The summed E-state index contributed by atoms with van der Waals surface area (Å²) in [5.41, 5.74) is 8.63. The third-order valence-electron chi connectivity index (χ3n) is 2.35. The topological polar surface area (TPSA) is 64.1 Å². The largest absolute Gasteiger partial charge is 0.398 e. The average Bonchev–Trinajstić information content (AvgIpc) is 2.67. The number of aromatic nitrogens is 1. The van der Waals surface area contributed by atoms with Gasteiger partial charge in [-0.25, -0.2) is 0 Å². The quantitative estimate of drug-likeness (QED) is 0.767. The van der Waals surface area contributed by atoms with Crippen LogP contribution >= 0.6 is 0 Å². The molecule has 4 nitrogen and oxygen atoms in total. The number of benzene rings is 1. The lowest BCUT2D eigenvalue weighted by molar-refractivity contribution is 0.369. The predicted molar refractivity (Wildman–Crippen MR) is 62.6 cm³/mol. The van der Waals surface area contributed by atoms with Crippen molar-refractivity contribution in [2.45, 2.75) is 20.0 Å². The molecule has 3 N–H and O–H groups in total. The minimum Gasteiger partial charge on any atom is -0.398 e. The van der Waals surface area contributed by atoms with Crippen LogP contribution in [0.3, 0.4) is 0 Å². The van der Waals surface area contributed by atoms with Gasteiger partial charge < -0.3 is 15.6 Å². The highest BCUT2D eigenvalue weighted by Crippen LogP contribution is 2.10. The first kappa shape index (κ1) is 10.7. The zero-order valence-corrected chi connectivity index (χ0v) is 9.23. The van der Waals surface area contributed by atoms with Gasteiger partial charge in [-0.3, -0.25) is 0 Å². The maximum absolute atomic E-state index is 5.83. The number of para-hydroxylation sites is 1. The van der Waals surface area contributed by atoms with E-state index in [0.717, 1.165) is 29.2 Å². The van der Waals surface area contributed by atoms with Crippen LogP contribution in [-0.2, 0) is 13.1 Å². The summed E-state index contributed by atoms with van der Waals surface area (Å²) in [7, 11) is 0. The molecule has 4 heteroatoms. The molecule has 0 spiro atoms. The summed E-state index contributed by atoms with van der Waals surface area (Å²) in [4.78, 5) is 0. The number of anilines is 1. The molecule has 0 saturated heterocycles. The molecule has 0 fully saturated rings. The van der Waals surface area contributed by atoms with Crippen molar-refractivity contribution in [3.63, 3.8) is 0 Å². The Hall–Kier alpha value is -1.81. The Balaban J connectivity index is 1.87. The van der Waals surface area contributed by atoms with E-state index in [4.69, 9.17) is 10.3 Å². The predicted octanol–water partition coefficient (Wildman–Crippen LogP) is 1.86. The lowest BCUT2D eigenvalue weighted by Gasteiger charge is -2.05. The molecule has 0 aliphatic heterocycles. The minimum absolute atomic E-state index is 0.662. The molecule has 2 rings (SSSR count). The monoisotopic (exact) mass is 217 g/mol. The van der Waals surface area contributed by atoms with Crippen LogP contribution in [0.2, 0.25) is 0 Å². The Morgan fingerprint density at radius 2 is 2.12 bits per heavy atom. The van der Waals surface area contributed by atoms with Gasteiger partial charge in [0, 0.05) is 18.3 Å². The van der Waals surface area contributed by atoms with Crippen LogP contribution in [0.25, 0.3) is 0 Å². The molecule has 1 heterocycles. The van der Waals surface area contributed by atoms with E-state index in [0.29, 0.717) is 6.54 Å². The molecule has 0 amide bonds. The van der Waals surface area contributed by atoms with Crippen LogP contribution in [-0.4, -0.2) is 5.16 Å². The molecule has 0 radical (unpaired) electrons. The van der Waals surface area contributed by atoms with Gasteiger partial charge in [-0.05, 0) is 18.6 Å². The molecular weight excluding hydrogens is 202 g/mol. The molecule has 1 aromatic heterocycles. The smallest absolute Gasteiger partial charge is 0.150 e. The van der Waals surface area contributed by atoms with Crippen molar-refractivity contribution in [3.8, 4) is 0 Å². The first-order chi connectivity index (χ1) is 7.75. The summed E-state index contributed by atoms with van der Waals surface area (Å²) >= 11 is 0. The van der Waals surface area contributed by atoms with Crippen molar-refractivity contribution < 1.29 is 4.52 Å². The van der Waals surface area contributed by atoms with E-state index < -0.39 is 0 Å². The van der Waals surface area contributed by atoms with Gasteiger partial charge in [0.25, 0.3) is 0 Å². The second-order valence-corrected chi connectivity index (χ2v) is 3.74. The molecule has 16 heavy (non-hydrogen) atoms. The number of rotatable bonds is 4. The number of nitrogens with one attached hydrogen (secondary N) is 1. The summed E-state index contributed by atoms with van der Waals surface area (Å²) < 4.78 is 5.09. The Morgan fingerprint density at radius 3 is 2.81 bits per heavy atom. The standard InChI is InChI=1S/C12H15N3O/c1-9-6-11(16-15-9)8-14-7-10-4-2-3-5-12(10)13/h2-6,14H,7-8,13H2,1H3. The number of hydrogen-bond acceptors (Lipinski definition) is 4. The van der Waals surface area contributed by atoms with Crippen molar-refractivity contribution in [2.75, 3.05) is 5.73 Å². The maximum Gasteiger partial charge on any atom is 0.150 e. The van der Waals surface area contributed by atoms with E-state index in [2.05, 4.69) is 10.5 Å². The minimum atomic E-state index is 0.662. The third-order valence-corrected chi connectivity index (χ3v) is 2.35. The van der Waals surface area contributed by atoms with Crippen molar-refractivity contribution in [1.29, 1.82) is 0 Å². The SMILES string of the molecule is Cc1cc(CNCc2ccccc2N)on1. The van der Waals surface area contributed by atoms with E-state index in [1.54, 1.807) is 0 Å². The summed E-state index contributed by atoms with van der Waals surface area (Å²) in [5.74, 6) is 0.840. The second-order valence-electron chi connectivity index (χ2n) is 3.74. The highest BCUT2D eigenvalue weighted by molar-refractivity contribution is 5.46. The van der Waals surface area contributed by atoms with E-state index in [1.165, 1.54) is 0 Å². The van der Waals surface area contributed by atoms with Gasteiger partial charge in [0.2, 0.25) is 0 Å². The third kappa shape index (κ3) is 2.61.